The van der Waals surface area contributed by atoms with Gasteiger partial charge in [0.1, 0.15) is 22.8 Å². The topological polar surface area (TPSA) is 165 Å². The van der Waals surface area contributed by atoms with Crippen molar-refractivity contribution < 1.29 is 48.0 Å². The largest absolute Gasteiger partial charge is 0.508 e. The van der Waals surface area contributed by atoms with E-state index in [-0.39, 0.29) is 18.5 Å². The molecular weight excluding hydrogens is 547 g/mol. The number of aliphatic hydroxyl groups excluding tert-OH is 2. The van der Waals surface area contributed by atoms with Crippen molar-refractivity contribution in [1.82, 2.24) is 9.80 Å². The van der Waals surface area contributed by atoms with E-state index in [4.69, 9.17) is 5.73 Å². The van der Waals surface area contributed by atoms with Crippen molar-refractivity contribution in [3.05, 3.63) is 45.2 Å². The number of carbonyl (C=O) groups excluding carboxylic acids is 3. The van der Waals surface area contributed by atoms with Gasteiger partial charge in [0.25, 0.3) is 5.91 Å². The van der Waals surface area contributed by atoms with Gasteiger partial charge in [0.05, 0.1) is 17.2 Å². The Labute approximate surface area is 234 Å². The lowest BCUT2D eigenvalue weighted by Crippen LogP contribution is -2.65. The number of aliphatic hydroxyl groups is 3. The molecule has 6 N–H and O–H groups in total. The highest BCUT2D eigenvalue weighted by Crippen LogP contribution is 2.54. The second-order valence-electron chi connectivity index (χ2n) is 12.3. The summed E-state index contributed by atoms with van der Waals surface area (Å²) in [4.78, 5) is 42.1. The number of amides is 1. The monoisotopic (exact) mass is 581 g/mol. The predicted octanol–water partition coefficient (Wildman–Crippen LogP) is 2.21. The fourth-order valence-corrected chi connectivity index (χ4v) is 6.35. The van der Waals surface area contributed by atoms with Crippen LogP contribution in [0.2, 0.25) is 0 Å². The number of nitrogens with zero attached hydrogens (tertiary/aromatic N) is 2. The first kappa shape index (κ1) is 30.5. The molecule has 4 rings (SSSR count). The van der Waals surface area contributed by atoms with Crippen LogP contribution in [0.5, 0.6) is 5.75 Å². The molecule has 10 nitrogen and oxygen atoms in total. The quantitative estimate of drug-likeness (QED) is 0.335. The van der Waals surface area contributed by atoms with Crippen LogP contribution in [0, 0.1) is 11.8 Å². The maximum absolute atomic E-state index is 14.6. The fraction of sp³-hybridized carbons (Fsp3) is 0.536. The number of phenols is 1. The number of ketones is 2. The van der Waals surface area contributed by atoms with Crippen molar-refractivity contribution in [2.45, 2.75) is 63.5 Å². The number of nitrogens with two attached hydrogens (primary N) is 1. The van der Waals surface area contributed by atoms with Crippen molar-refractivity contribution in [3.8, 4) is 5.75 Å². The maximum Gasteiger partial charge on any atom is 0.417 e. The van der Waals surface area contributed by atoms with Gasteiger partial charge in [0.2, 0.25) is 5.78 Å². The molecule has 3 aliphatic carbocycles. The van der Waals surface area contributed by atoms with Gasteiger partial charge in [-0.15, -0.1) is 0 Å². The molecule has 0 bridgehead atoms. The Kier molecular flexibility index (Phi) is 7.12. The number of aromatic hydroxyl groups is 1. The highest BCUT2D eigenvalue weighted by molar-refractivity contribution is 6.24. The highest BCUT2D eigenvalue weighted by atomic mass is 19.4. The van der Waals surface area contributed by atoms with Crippen molar-refractivity contribution >= 4 is 23.2 Å². The van der Waals surface area contributed by atoms with Crippen LogP contribution in [-0.2, 0) is 33.5 Å². The average molecular weight is 582 g/mol. The molecule has 1 fully saturated rings. The van der Waals surface area contributed by atoms with Gasteiger partial charge >= 0.3 is 6.18 Å². The molecule has 0 aliphatic heterocycles. The molecule has 0 unspecified atom stereocenters. The number of hydrogen-bond acceptors (Lipinski definition) is 9. The molecule has 13 heteroatoms. The summed E-state index contributed by atoms with van der Waals surface area (Å²) in [6.07, 6.45) is -5.66. The molecule has 1 saturated carbocycles. The molecule has 0 saturated heterocycles. The summed E-state index contributed by atoms with van der Waals surface area (Å²) in [5, 5.41) is 44.6. The molecule has 41 heavy (non-hydrogen) atoms. The molecule has 0 spiro atoms. The number of fused-ring (bicyclic) bond motifs is 3. The van der Waals surface area contributed by atoms with Crippen LogP contribution in [0.4, 0.5) is 13.2 Å². The van der Waals surface area contributed by atoms with Crippen LogP contribution in [-0.4, -0.2) is 86.0 Å². The Morgan fingerprint density at radius 2 is 1.71 bits per heavy atom. The molecular formula is C28H34F3N3O7. The van der Waals surface area contributed by atoms with Crippen LogP contribution in [0.1, 0.15) is 49.4 Å². The Hall–Kier alpha value is -3.42. The van der Waals surface area contributed by atoms with Crippen LogP contribution < -0.4 is 5.73 Å². The van der Waals surface area contributed by atoms with E-state index >= 15 is 0 Å². The van der Waals surface area contributed by atoms with Gasteiger partial charge in [-0.3, -0.25) is 24.2 Å². The van der Waals surface area contributed by atoms with Gasteiger partial charge in [-0.1, -0.05) is 0 Å². The van der Waals surface area contributed by atoms with Crippen LogP contribution in [0.3, 0.4) is 0 Å². The van der Waals surface area contributed by atoms with E-state index in [1.165, 1.54) is 19.0 Å². The van der Waals surface area contributed by atoms with E-state index in [0.29, 0.717) is 0 Å². The lowest BCUT2D eigenvalue weighted by molar-refractivity contribution is -0.153. The number of halogens is 3. The minimum absolute atomic E-state index is 0.186. The van der Waals surface area contributed by atoms with Crippen molar-refractivity contribution in [3.63, 3.8) is 0 Å². The minimum Gasteiger partial charge on any atom is -0.508 e. The molecule has 3 aliphatic rings. The van der Waals surface area contributed by atoms with Gasteiger partial charge < -0.3 is 26.2 Å². The fourth-order valence-electron chi connectivity index (χ4n) is 6.35. The van der Waals surface area contributed by atoms with E-state index in [1.807, 2.05) is 20.8 Å². The number of alkyl halides is 3. The van der Waals surface area contributed by atoms with Crippen LogP contribution in [0.25, 0.3) is 5.76 Å². The number of rotatable bonds is 4. The Bertz CT molecular complexity index is 1420. The van der Waals surface area contributed by atoms with Crippen LogP contribution in [0.15, 0.2) is 23.0 Å². The summed E-state index contributed by atoms with van der Waals surface area (Å²) >= 11 is 0. The van der Waals surface area contributed by atoms with E-state index in [0.717, 1.165) is 6.07 Å². The number of carbonyl (C=O) groups is 3. The highest BCUT2D eigenvalue weighted by Gasteiger charge is 2.64. The zero-order chi connectivity index (χ0) is 31.1. The molecule has 0 radical (unpaired) electrons. The molecule has 1 amide bonds. The first-order chi connectivity index (χ1) is 18.6. The molecule has 0 heterocycles. The predicted molar refractivity (Wildman–Crippen MR) is 140 cm³/mol. The van der Waals surface area contributed by atoms with Crippen molar-refractivity contribution in [2.75, 3.05) is 21.1 Å². The minimum atomic E-state index is -4.90. The third-order valence-corrected chi connectivity index (χ3v) is 8.64. The van der Waals surface area contributed by atoms with E-state index in [1.54, 1.807) is 11.9 Å². The van der Waals surface area contributed by atoms with Gasteiger partial charge in [-0.05, 0) is 77.9 Å². The summed E-state index contributed by atoms with van der Waals surface area (Å²) in [5.74, 6) is -9.06. The molecule has 1 aromatic rings. The van der Waals surface area contributed by atoms with Gasteiger partial charge in [0, 0.05) is 23.6 Å². The average Bonchev–Trinajstić information content (AvgIpc) is 2.79. The molecule has 1 aromatic carbocycles. The standard InChI is InChI=1S/C28H34F3N3O7/c1-26(2,3)34(6)10-12-9-15(35)17-13(19(12)28(29,30)31)7-11-8-14-20(33(4)5)22(37)18(25(32)40)24(39)27(14,41)23(38)16(11)21(17)36/h9,11,14,20,35-36,39,41H,7-8,10H2,1-6H3,(H2,32,40)/t11-,14-,20-,27-/m0/s1. The summed E-state index contributed by atoms with van der Waals surface area (Å²) in [6, 6.07) is -0.440. The first-order valence-corrected chi connectivity index (χ1v) is 13.0. The Balaban J connectivity index is 1.99. The van der Waals surface area contributed by atoms with Gasteiger partial charge in [0.15, 0.2) is 11.4 Å². The number of benzene rings is 1. The second-order valence-corrected chi connectivity index (χ2v) is 12.3. The molecule has 224 valence electrons. The summed E-state index contributed by atoms with van der Waals surface area (Å²) in [5.41, 5.74) is -1.88. The third kappa shape index (κ3) is 4.50. The lowest BCUT2D eigenvalue weighted by atomic mass is 9.57. The molecule has 0 aromatic heterocycles. The van der Waals surface area contributed by atoms with Crippen molar-refractivity contribution in [2.24, 2.45) is 17.6 Å². The number of hydrogen-bond donors (Lipinski definition) is 5. The Morgan fingerprint density at radius 3 is 2.20 bits per heavy atom. The van der Waals surface area contributed by atoms with E-state index < -0.39 is 104 Å². The Morgan fingerprint density at radius 1 is 1.12 bits per heavy atom. The number of Topliss-reactive ketones (excluding diaryl/α,β-unsaturated/α-hetero) is 2. The smallest absolute Gasteiger partial charge is 0.417 e. The SMILES string of the molecule is CN(C)[C@@H]1C(=O)C(C(N)=O)=C(O)[C@@]2(O)C(=O)C3=C(O)c4c(O)cc(CN(C)C(C)(C)C)c(C(F)(F)F)c4C[C@H]3C[C@@H]12. The number of likely N-dealkylation sites (N-methyl/N-ethyl adjacent to an activating group) is 1. The number of primary amides is 1. The molecule has 4 atom stereocenters. The maximum atomic E-state index is 14.6. The summed E-state index contributed by atoms with van der Waals surface area (Å²) in [6.45, 7) is 5.26. The van der Waals surface area contributed by atoms with Crippen molar-refractivity contribution in [1.29, 1.82) is 0 Å². The van der Waals surface area contributed by atoms with E-state index in [9.17, 15) is 48.0 Å². The second kappa shape index (κ2) is 9.57. The van der Waals surface area contributed by atoms with E-state index in [2.05, 4.69) is 0 Å². The van der Waals surface area contributed by atoms with Gasteiger partial charge in [-0.2, -0.15) is 13.2 Å². The first-order valence-electron chi connectivity index (χ1n) is 13.0. The van der Waals surface area contributed by atoms with Crippen LogP contribution >= 0.6 is 0 Å². The summed E-state index contributed by atoms with van der Waals surface area (Å²) < 4.78 is 43.9. The summed E-state index contributed by atoms with van der Waals surface area (Å²) in [7, 11) is 4.51. The zero-order valence-corrected chi connectivity index (χ0v) is 23.5. The zero-order valence-electron chi connectivity index (χ0n) is 23.5. The third-order valence-electron chi connectivity index (χ3n) is 8.64. The van der Waals surface area contributed by atoms with Gasteiger partial charge in [-0.25, -0.2) is 0 Å². The number of phenolic OH excluding ortho intramolecular Hbond substituents is 1. The lowest BCUT2D eigenvalue weighted by Gasteiger charge is -2.50. The normalized spacial score (nSPS) is 26.9.